The van der Waals surface area contributed by atoms with Crippen LogP contribution in [0.25, 0.3) is 0 Å². The molecule has 0 aliphatic carbocycles. The van der Waals surface area contributed by atoms with Gasteiger partial charge >= 0.3 is 0 Å². The van der Waals surface area contributed by atoms with Gasteiger partial charge in [-0.3, -0.25) is 9.69 Å². The van der Waals surface area contributed by atoms with Gasteiger partial charge < -0.3 is 5.32 Å². The summed E-state index contributed by atoms with van der Waals surface area (Å²) in [5, 5.41) is 2.91. The average molecular weight is 218 g/mol. The molecule has 3 heteroatoms. The maximum absolute atomic E-state index is 11.4. The molecule has 1 aliphatic heterocycles. The third kappa shape index (κ3) is 2.61. The number of rotatable bonds is 1. The molecule has 86 valence electrons. The first kappa shape index (κ1) is 11.1. The molecule has 1 N–H and O–H groups in total. The van der Waals surface area contributed by atoms with Crippen molar-refractivity contribution in [2.45, 2.75) is 18.9 Å². The van der Waals surface area contributed by atoms with E-state index < -0.39 is 0 Å². The van der Waals surface area contributed by atoms with E-state index in [1.54, 1.807) is 0 Å². The summed E-state index contributed by atoms with van der Waals surface area (Å²) in [6.07, 6.45) is 1.51. The van der Waals surface area contributed by atoms with Gasteiger partial charge in [-0.2, -0.15) is 0 Å². The fourth-order valence-electron chi connectivity index (χ4n) is 2.20. The highest BCUT2D eigenvalue weighted by Gasteiger charge is 2.20. The van der Waals surface area contributed by atoms with Crippen molar-refractivity contribution in [3.63, 3.8) is 0 Å². The van der Waals surface area contributed by atoms with E-state index >= 15 is 0 Å². The minimum Gasteiger partial charge on any atom is -0.355 e. The molecule has 2 rings (SSSR count). The van der Waals surface area contributed by atoms with Crippen molar-refractivity contribution >= 4 is 5.91 Å². The summed E-state index contributed by atoms with van der Waals surface area (Å²) in [6.45, 7) is 1.66. The van der Waals surface area contributed by atoms with Gasteiger partial charge in [0.05, 0.1) is 0 Å². The molecule has 1 aromatic rings. The van der Waals surface area contributed by atoms with Crippen molar-refractivity contribution < 1.29 is 4.79 Å². The van der Waals surface area contributed by atoms with Crippen LogP contribution in [0.5, 0.6) is 0 Å². The van der Waals surface area contributed by atoms with E-state index in [-0.39, 0.29) is 5.91 Å². The van der Waals surface area contributed by atoms with Crippen molar-refractivity contribution in [2.24, 2.45) is 0 Å². The van der Waals surface area contributed by atoms with Gasteiger partial charge in [-0.05, 0) is 19.0 Å². The summed E-state index contributed by atoms with van der Waals surface area (Å²) in [5.41, 5.74) is 1.31. The van der Waals surface area contributed by atoms with Gasteiger partial charge in [-0.25, -0.2) is 0 Å². The van der Waals surface area contributed by atoms with E-state index in [1.165, 1.54) is 5.56 Å². The van der Waals surface area contributed by atoms with E-state index in [0.29, 0.717) is 12.5 Å². The highest BCUT2D eigenvalue weighted by Crippen LogP contribution is 2.24. The third-order valence-electron chi connectivity index (χ3n) is 3.15. The molecule has 1 heterocycles. The normalized spacial score (nSPS) is 23.3. The molecule has 0 saturated carbocycles. The Morgan fingerprint density at radius 1 is 1.31 bits per heavy atom. The number of nitrogens with one attached hydrogen (secondary N) is 1. The van der Waals surface area contributed by atoms with E-state index in [1.807, 2.05) is 6.07 Å². The predicted octanol–water partition coefficient (Wildman–Crippen LogP) is 1.57. The third-order valence-corrected chi connectivity index (χ3v) is 3.15. The smallest absolute Gasteiger partial charge is 0.220 e. The van der Waals surface area contributed by atoms with Gasteiger partial charge in [-0.1, -0.05) is 30.3 Å². The summed E-state index contributed by atoms with van der Waals surface area (Å²) in [6, 6.07) is 10.8. The number of nitrogens with zero attached hydrogens (tertiary/aromatic N) is 1. The molecule has 0 bridgehead atoms. The van der Waals surface area contributed by atoms with E-state index in [9.17, 15) is 4.79 Å². The van der Waals surface area contributed by atoms with Gasteiger partial charge in [0.15, 0.2) is 0 Å². The lowest BCUT2D eigenvalue weighted by Gasteiger charge is -2.30. The maximum Gasteiger partial charge on any atom is 0.220 e. The second kappa shape index (κ2) is 5.12. The SMILES string of the molecule is CN1CCNC(=O)CCC1c1ccccc1. The first-order chi connectivity index (χ1) is 7.77. The van der Waals surface area contributed by atoms with Gasteiger partial charge in [0.1, 0.15) is 0 Å². The topological polar surface area (TPSA) is 32.3 Å². The Hall–Kier alpha value is -1.35. The quantitative estimate of drug-likeness (QED) is 0.776. The number of hydrogen-bond acceptors (Lipinski definition) is 2. The van der Waals surface area contributed by atoms with Crippen LogP contribution in [-0.2, 0) is 4.79 Å². The van der Waals surface area contributed by atoms with Gasteiger partial charge in [0, 0.05) is 25.6 Å². The van der Waals surface area contributed by atoms with Crippen LogP contribution < -0.4 is 5.32 Å². The standard InChI is InChI=1S/C13H18N2O/c1-15-10-9-14-13(16)8-7-12(15)11-5-3-2-4-6-11/h2-6,12H,7-10H2,1H3,(H,14,16). The van der Waals surface area contributed by atoms with Crippen molar-refractivity contribution in [1.82, 2.24) is 10.2 Å². The van der Waals surface area contributed by atoms with Crippen molar-refractivity contribution in [3.05, 3.63) is 35.9 Å². The summed E-state index contributed by atoms with van der Waals surface area (Å²) in [4.78, 5) is 13.7. The van der Waals surface area contributed by atoms with Crippen LogP contribution in [0.1, 0.15) is 24.4 Å². The second-order valence-corrected chi connectivity index (χ2v) is 4.30. The van der Waals surface area contributed by atoms with Crippen molar-refractivity contribution in [3.8, 4) is 0 Å². The van der Waals surface area contributed by atoms with Crippen LogP contribution in [0.3, 0.4) is 0 Å². The Labute approximate surface area is 96.5 Å². The van der Waals surface area contributed by atoms with Gasteiger partial charge in [0.25, 0.3) is 0 Å². The highest BCUT2D eigenvalue weighted by atomic mass is 16.1. The molecule has 1 aliphatic rings. The van der Waals surface area contributed by atoms with Crippen LogP contribution in [0.2, 0.25) is 0 Å². The number of hydrogen-bond donors (Lipinski definition) is 1. The fourth-order valence-corrected chi connectivity index (χ4v) is 2.20. The summed E-state index contributed by atoms with van der Waals surface area (Å²) in [7, 11) is 2.12. The molecule has 3 nitrogen and oxygen atoms in total. The molecule has 0 aromatic heterocycles. The van der Waals surface area contributed by atoms with Gasteiger partial charge in [0.2, 0.25) is 5.91 Å². The van der Waals surface area contributed by atoms with Crippen LogP contribution in [0.4, 0.5) is 0 Å². The summed E-state index contributed by atoms with van der Waals surface area (Å²) < 4.78 is 0. The first-order valence-corrected chi connectivity index (χ1v) is 5.79. The molecule has 0 radical (unpaired) electrons. The molecule has 1 amide bonds. The molecule has 1 aromatic carbocycles. The zero-order valence-electron chi connectivity index (χ0n) is 9.65. The lowest BCUT2D eigenvalue weighted by molar-refractivity contribution is -0.122. The number of benzene rings is 1. The zero-order valence-corrected chi connectivity index (χ0v) is 9.65. The van der Waals surface area contributed by atoms with E-state index in [4.69, 9.17) is 0 Å². The minimum absolute atomic E-state index is 0.175. The number of carbonyl (C=O) groups excluding carboxylic acids is 1. The van der Waals surface area contributed by atoms with Crippen LogP contribution in [0.15, 0.2) is 30.3 Å². The number of carbonyl (C=O) groups is 1. The highest BCUT2D eigenvalue weighted by molar-refractivity contribution is 5.76. The van der Waals surface area contributed by atoms with Crippen LogP contribution in [-0.4, -0.2) is 30.9 Å². The van der Waals surface area contributed by atoms with E-state index in [2.05, 4.69) is 41.5 Å². The van der Waals surface area contributed by atoms with Crippen LogP contribution in [0, 0.1) is 0 Å². The largest absolute Gasteiger partial charge is 0.355 e. The molecule has 0 spiro atoms. The first-order valence-electron chi connectivity index (χ1n) is 5.79. The molecule has 16 heavy (non-hydrogen) atoms. The minimum atomic E-state index is 0.175. The van der Waals surface area contributed by atoms with Crippen LogP contribution >= 0.6 is 0 Å². The molecule has 1 fully saturated rings. The Bertz CT molecular complexity index is 350. The van der Waals surface area contributed by atoms with Crippen molar-refractivity contribution in [2.75, 3.05) is 20.1 Å². The average Bonchev–Trinajstić information content (AvgIpc) is 2.28. The Balaban J connectivity index is 2.13. The molecule has 1 atom stereocenters. The van der Waals surface area contributed by atoms with E-state index in [0.717, 1.165) is 19.5 Å². The monoisotopic (exact) mass is 218 g/mol. The lowest BCUT2D eigenvalue weighted by atomic mass is 9.99. The predicted molar refractivity (Wildman–Crippen MR) is 64.1 cm³/mol. The molecule has 1 saturated heterocycles. The number of likely N-dealkylation sites (N-methyl/N-ethyl adjacent to an activating group) is 1. The Morgan fingerprint density at radius 2 is 2.06 bits per heavy atom. The lowest BCUT2D eigenvalue weighted by Crippen LogP contribution is -2.38. The second-order valence-electron chi connectivity index (χ2n) is 4.30. The van der Waals surface area contributed by atoms with Crippen molar-refractivity contribution in [1.29, 1.82) is 0 Å². The molecular formula is C13H18N2O. The zero-order chi connectivity index (χ0) is 11.4. The Morgan fingerprint density at radius 3 is 2.81 bits per heavy atom. The maximum atomic E-state index is 11.4. The molecular weight excluding hydrogens is 200 g/mol. The number of amides is 1. The summed E-state index contributed by atoms with van der Waals surface area (Å²) >= 11 is 0. The molecule has 1 unspecified atom stereocenters. The fraction of sp³-hybridized carbons (Fsp3) is 0.462. The summed E-state index contributed by atoms with van der Waals surface area (Å²) in [5.74, 6) is 0.175. The Kier molecular flexibility index (Phi) is 3.57. The van der Waals surface area contributed by atoms with Gasteiger partial charge in [-0.15, -0.1) is 0 Å².